The van der Waals surface area contributed by atoms with Crippen molar-refractivity contribution in [2.24, 2.45) is 0 Å². The normalized spacial score (nSPS) is 17.1. The van der Waals surface area contributed by atoms with Crippen LogP contribution in [-0.4, -0.2) is 171 Å². The maximum Gasteiger partial charge on any atom is 0.410 e. The number of carbonyl (C=O) groups is 2. The molecule has 0 saturated carbocycles. The lowest BCUT2D eigenvalue weighted by Crippen LogP contribution is -2.39. The third-order valence-corrected chi connectivity index (χ3v) is 14.7. The minimum atomic E-state index is -0.451. The molecule has 8 rings (SSSR count). The molecule has 0 radical (unpaired) electrons. The number of hydrogen-bond donors (Lipinski definition) is 0. The van der Waals surface area contributed by atoms with E-state index in [1.165, 1.54) is 67.0 Å². The lowest BCUT2D eigenvalue weighted by molar-refractivity contribution is -0.128. The van der Waals surface area contributed by atoms with Crippen LogP contribution in [0.15, 0.2) is 72.8 Å². The Hall–Kier alpha value is -5.86. The highest BCUT2D eigenvalue weighted by atomic mass is 16.6. The van der Waals surface area contributed by atoms with E-state index in [-0.39, 0.29) is 12.0 Å². The first kappa shape index (κ1) is 60.0. The summed E-state index contributed by atoms with van der Waals surface area (Å²) in [6.45, 7) is 29.2. The first-order valence-electron chi connectivity index (χ1n) is 27.3. The van der Waals surface area contributed by atoms with Crippen molar-refractivity contribution in [2.75, 3.05) is 149 Å². The molecule has 4 aliphatic rings. The van der Waals surface area contributed by atoms with Gasteiger partial charge in [-0.05, 0) is 172 Å². The summed E-state index contributed by atoms with van der Waals surface area (Å²) in [5.74, 6) is 4.71. The van der Waals surface area contributed by atoms with Crippen LogP contribution in [0.5, 0.6) is 23.0 Å². The number of methoxy groups -OCH3 is 4. The predicted octanol–water partition coefficient (Wildman–Crippen LogP) is 10.5. The van der Waals surface area contributed by atoms with Crippen molar-refractivity contribution < 1.29 is 33.3 Å². The number of benzene rings is 4. The number of likely N-dealkylation sites (tertiary alicyclic amines) is 1. The van der Waals surface area contributed by atoms with E-state index in [9.17, 15) is 9.59 Å². The fraction of sp³-hybridized carbons (Fsp3) is 0.574. The quantitative estimate of drug-likeness (QED) is 0.168. The number of likely N-dealkylation sites (N-methyl/N-ethyl adjacent to an activating group) is 1. The van der Waals surface area contributed by atoms with Gasteiger partial charge in [-0.25, -0.2) is 4.79 Å². The second kappa shape index (κ2) is 29.4. The van der Waals surface area contributed by atoms with E-state index in [2.05, 4.69) is 125 Å². The van der Waals surface area contributed by atoms with Gasteiger partial charge in [0.2, 0.25) is 5.91 Å². The van der Waals surface area contributed by atoms with Crippen LogP contribution < -0.4 is 33.6 Å². The van der Waals surface area contributed by atoms with Gasteiger partial charge < -0.3 is 58.0 Å². The van der Waals surface area contributed by atoms with Gasteiger partial charge in [-0.2, -0.15) is 0 Å². The Balaban J connectivity index is 0.000000187. The molecule has 14 heteroatoms. The Morgan fingerprint density at radius 2 is 0.827 bits per heavy atom. The van der Waals surface area contributed by atoms with Crippen LogP contribution in [0, 0.1) is 27.7 Å². The van der Waals surface area contributed by atoms with Crippen molar-refractivity contribution in [1.82, 2.24) is 19.6 Å². The fourth-order valence-electron chi connectivity index (χ4n) is 9.93. The number of hydrogen-bond acceptors (Lipinski definition) is 12. The summed E-state index contributed by atoms with van der Waals surface area (Å²) < 4.78 is 27.0. The van der Waals surface area contributed by atoms with E-state index >= 15 is 0 Å². The molecule has 0 bridgehead atoms. The average molecular weight is 1040 g/mol. The molecule has 0 aliphatic carbocycles. The fourth-order valence-corrected chi connectivity index (χ4v) is 9.93. The molecular weight excluding hydrogens is 943 g/mol. The van der Waals surface area contributed by atoms with Crippen LogP contribution in [0.4, 0.5) is 21.9 Å². The molecule has 0 spiro atoms. The number of aryl methyl sites for hydroxylation is 4. The molecule has 4 aromatic rings. The number of anilines is 3. The van der Waals surface area contributed by atoms with Crippen LogP contribution in [-0.2, 0) is 9.53 Å². The third kappa shape index (κ3) is 18.7. The molecule has 0 aromatic heterocycles. The summed E-state index contributed by atoms with van der Waals surface area (Å²) in [6, 6.07) is 25.7. The van der Waals surface area contributed by atoms with E-state index in [1.54, 1.807) is 40.3 Å². The number of piperidine rings is 1. The number of carbonyl (C=O) groups excluding carboxylic acids is 2. The first-order valence-corrected chi connectivity index (χ1v) is 27.3. The number of ether oxygens (including phenoxy) is 5. The van der Waals surface area contributed by atoms with Crippen LogP contribution >= 0.6 is 0 Å². The highest BCUT2D eigenvalue weighted by Gasteiger charge is 2.25. The van der Waals surface area contributed by atoms with Gasteiger partial charge in [0.1, 0.15) is 28.6 Å². The zero-order valence-corrected chi connectivity index (χ0v) is 48.4. The summed E-state index contributed by atoms with van der Waals surface area (Å²) in [7, 11) is 11.3. The monoisotopic (exact) mass is 1040 g/mol. The van der Waals surface area contributed by atoms with Crippen LogP contribution in [0.25, 0.3) is 0 Å². The van der Waals surface area contributed by atoms with Gasteiger partial charge in [-0.15, -0.1) is 0 Å². The summed E-state index contributed by atoms with van der Waals surface area (Å²) in [5.41, 5.74) is 9.27. The number of rotatable bonds is 8. The van der Waals surface area contributed by atoms with E-state index in [1.807, 2.05) is 39.5 Å². The molecule has 414 valence electrons. The zero-order valence-electron chi connectivity index (χ0n) is 48.4. The molecule has 4 fully saturated rings. The Labute approximate surface area is 451 Å². The average Bonchev–Trinajstić information content (AvgIpc) is 3.90. The molecule has 4 aliphatic heterocycles. The molecule has 14 nitrogen and oxygen atoms in total. The third-order valence-electron chi connectivity index (χ3n) is 14.7. The lowest BCUT2D eigenvalue weighted by atomic mass is 9.89. The predicted molar refractivity (Wildman–Crippen MR) is 308 cm³/mol. The topological polar surface area (TPSA) is 103 Å². The van der Waals surface area contributed by atoms with Crippen LogP contribution in [0.1, 0.15) is 93.5 Å². The van der Waals surface area contributed by atoms with Crippen molar-refractivity contribution >= 4 is 29.1 Å². The van der Waals surface area contributed by atoms with Gasteiger partial charge in [-0.1, -0.05) is 30.3 Å². The van der Waals surface area contributed by atoms with Gasteiger partial charge in [0.05, 0.1) is 28.4 Å². The van der Waals surface area contributed by atoms with E-state index in [0.717, 1.165) is 118 Å². The smallest absolute Gasteiger partial charge is 0.410 e. The summed E-state index contributed by atoms with van der Waals surface area (Å²) in [5, 5.41) is 0. The standard InChI is InChI=1S/C18H28N2O3.C15H22N2O2.C14H22N2O.C14H21NO/c1-14-7-8-15(13-16(14)22-5)19-9-6-10-20(12-11-19)17(21)23-18(2,3)4;1-12-5-6-14(11-15(12)19-3)17-8-4-7-16(9-10-17)13(2)18;1-12-5-6-13(11-14(12)17-3)16-8-4-7-15(2)9-10-16;1-11-4-5-13(10-14(11)16-3)12-6-8-15(2)9-7-12/h7-8,13H,6,9-12H2,1-5H3;5-6,11H,4,7-10H2,1-3H3;5-6,11H,4,7-10H2,1-3H3;4-5,10,12H,6-9H2,1-3H3. The van der Waals surface area contributed by atoms with E-state index < -0.39 is 5.60 Å². The van der Waals surface area contributed by atoms with Crippen molar-refractivity contribution in [2.45, 2.75) is 99.0 Å². The molecule has 4 saturated heterocycles. The van der Waals surface area contributed by atoms with E-state index in [4.69, 9.17) is 23.7 Å². The minimum Gasteiger partial charge on any atom is -0.496 e. The molecular formula is C61H93N7O7. The van der Waals surface area contributed by atoms with Crippen LogP contribution in [0.3, 0.4) is 0 Å². The van der Waals surface area contributed by atoms with Crippen LogP contribution in [0.2, 0.25) is 0 Å². The van der Waals surface area contributed by atoms with Gasteiger partial charge >= 0.3 is 6.09 Å². The van der Waals surface area contributed by atoms with Gasteiger partial charge in [-0.3, -0.25) is 4.79 Å². The van der Waals surface area contributed by atoms with Gasteiger partial charge in [0.25, 0.3) is 0 Å². The molecule has 4 aromatic carbocycles. The number of amides is 2. The van der Waals surface area contributed by atoms with Gasteiger partial charge in [0, 0.05) is 114 Å². The Kier molecular flexibility index (Phi) is 23.6. The molecule has 0 unspecified atom stereocenters. The Morgan fingerprint density at radius 3 is 1.25 bits per heavy atom. The number of nitrogens with zero attached hydrogens (tertiary/aromatic N) is 7. The van der Waals surface area contributed by atoms with Gasteiger partial charge in [0.15, 0.2) is 0 Å². The van der Waals surface area contributed by atoms with E-state index in [0.29, 0.717) is 12.5 Å². The second-order valence-electron chi connectivity index (χ2n) is 21.6. The summed E-state index contributed by atoms with van der Waals surface area (Å²) in [4.78, 5) is 39.2. The van der Waals surface area contributed by atoms with Crippen molar-refractivity contribution in [3.63, 3.8) is 0 Å². The Morgan fingerprint density at radius 1 is 0.453 bits per heavy atom. The largest absolute Gasteiger partial charge is 0.496 e. The highest BCUT2D eigenvalue weighted by molar-refractivity contribution is 5.73. The van der Waals surface area contributed by atoms with Crippen molar-refractivity contribution in [3.8, 4) is 23.0 Å². The highest BCUT2D eigenvalue weighted by Crippen LogP contribution is 2.32. The minimum absolute atomic E-state index is 0.170. The summed E-state index contributed by atoms with van der Waals surface area (Å²) in [6.07, 6.45) is 5.48. The SMILES string of the molecule is COc1cc(C2CCN(C)CC2)ccc1C.COc1cc(N2CCCN(C(=O)OC(C)(C)C)CC2)ccc1C.COc1cc(N2CCCN(C(C)=O)CC2)ccc1C.COc1cc(N2CCCN(C)CC2)ccc1C. The Bertz CT molecular complexity index is 2400. The second-order valence-corrected chi connectivity index (χ2v) is 21.6. The maximum atomic E-state index is 12.2. The molecule has 2 amide bonds. The van der Waals surface area contributed by atoms with Crippen molar-refractivity contribution in [1.29, 1.82) is 0 Å². The molecule has 0 atom stereocenters. The first-order chi connectivity index (χ1) is 35.8. The molecule has 75 heavy (non-hydrogen) atoms. The summed E-state index contributed by atoms with van der Waals surface area (Å²) >= 11 is 0. The zero-order chi connectivity index (χ0) is 54.7. The molecule has 4 heterocycles. The lowest BCUT2D eigenvalue weighted by Gasteiger charge is -2.29. The maximum absolute atomic E-state index is 12.2. The molecule has 0 N–H and O–H groups in total. The van der Waals surface area contributed by atoms with Crippen molar-refractivity contribution in [3.05, 3.63) is 101 Å².